The van der Waals surface area contributed by atoms with Crippen LogP contribution in [0.3, 0.4) is 0 Å². The molecule has 3 atom stereocenters. The van der Waals surface area contributed by atoms with Crippen molar-refractivity contribution in [2.75, 3.05) is 0 Å². The Labute approximate surface area is 163 Å². The van der Waals surface area contributed by atoms with Crippen molar-refractivity contribution >= 4 is 22.7 Å². The minimum atomic E-state index is -0.582. The van der Waals surface area contributed by atoms with Crippen LogP contribution in [0.5, 0.6) is 5.75 Å². The van der Waals surface area contributed by atoms with E-state index in [0.29, 0.717) is 33.8 Å². The van der Waals surface area contributed by atoms with E-state index in [1.807, 2.05) is 13.8 Å². The maximum atomic E-state index is 12.8. The average molecular weight is 378 g/mol. The molecule has 0 unspecified atom stereocenters. The molecule has 4 rings (SSSR count). The Morgan fingerprint density at radius 1 is 1.36 bits per heavy atom. The third-order valence-corrected chi connectivity index (χ3v) is 5.34. The molecule has 144 valence electrons. The van der Waals surface area contributed by atoms with Crippen LogP contribution in [0, 0.1) is 17.2 Å². The third kappa shape index (κ3) is 3.26. The number of hydrogen-bond donors (Lipinski definition) is 1. The molecular formula is C21H22N4O3. The number of amides is 2. The van der Waals surface area contributed by atoms with Crippen LogP contribution in [0.1, 0.15) is 42.7 Å². The number of primary amides is 1. The first kappa shape index (κ1) is 18.2. The van der Waals surface area contributed by atoms with Gasteiger partial charge in [-0.1, -0.05) is 0 Å². The minimum absolute atomic E-state index is 0.000812. The van der Waals surface area contributed by atoms with Gasteiger partial charge in [0.2, 0.25) is 11.8 Å². The highest BCUT2D eigenvalue weighted by Gasteiger charge is 2.53. The molecule has 1 aliphatic heterocycles. The van der Waals surface area contributed by atoms with Gasteiger partial charge in [0.1, 0.15) is 11.8 Å². The SMILES string of the molecule is CC(C)Oc1ccc2nc(CC(=O)N3[C@H](C#N)C[C@@H]4C[C@@H]43)cc(C(N)=O)c2c1. The van der Waals surface area contributed by atoms with E-state index >= 15 is 0 Å². The number of fused-ring (bicyclic) bond motifs is 2. The van der Waals surface area contributed by atoms with Crippen LogP contribution >= 0.6 is 0 Å². The third-order valence-electron chi connectivity index (χ3n) is 5.34. The zero-order valence-electron chi connectivity index (χ0n) is 15.9. The quantitative estimate of drug-likeness (QED) is 0.857. The van der Waals surface area contributed by atoms with Crippen LogP contribution in [0.2, 0.25) is 0 Å². The molecule has 0 spiro atoms. The van der Waals surface area contributed by atoms with Crippen molar-refractivity contribution < 1.29 is 14.3 Å². The Morgan fingerprint density at radius 3 is 2.82 bits per heavy atom. The Balaban J connectivity index is 1.65. The summed E-state index contributed by atoms with van der Waals surface area (Å²) in [6.07, 6.45) is 1.77. The summed E-state index contributed by atoms with van der Waals surface area (Å²) in [5.41, 5.74) is 6.95. The van der Waals surface area contributed by atoms with Crippen LogP contribution in [0.4, 0.5) is 0 Å². The van der Waals surface area contributed by atoms with Gasteiger partial charge in [-0.05, 0) is 56.9 Å². The summed E-state index contributed by atoms with van der Waals surface area (Å²) in [6, 6.07) is 8.91. The highest BCUT2D eigenvalue weighted by molar-refractivity contribution is 6.06. The standard InChI is InChI=1S/C21H22N4O3/c1-11(2)28-15-3-4-18-16(9-15)17(21(23)27)7-13(24-18)8-20(26)25-14(10-22)5-12-6-19(12)25/h3-4,7,9,11-12,14,19H,5-6,8H2,1-2H3,(H2,23,27)/t12-,14+,19+/m1/s1. The largest absolute Gasteiger partial charge is 0.491 e. The Morgan fingerprint density at radius 2 is 2.14 bits per heavy atom. The number of benzene rings is 1. The Kier molecular flexibility index (Phi) is 4.42. The van der Waals surface area contributed by atoms with Crippen molar-refractivity contribution in [2.24, 2.45) is 11.7 Å². The van der Waals surface area contributed by atoms with Gasteiger partial charge in [-0.2, -0.15) is 5.26 Å². The highest BCUT2D eigenvalue weighted by Crippen LogP contribution is 2.47. The molecule has 0 radical (unpaired) electrons. The van der Waals surface area contributed by atoms with Crippen molar-refractivity contribution in [2.45, 2.75) is 51.3 Å². The number of nitrogens with two attached hydrogens (primary N) is 1. The molecule has 2 N–H and O–H groups in total. The number of rotatable bonds is 5. The molecule has 1 saturated carbocycles. The van der Waals surface area contributed by atoms with E-state index in [4.69, 9.17) is 10.5 Å². The molecule has 0 bridgehead atoms. The molecule has 7 nitrogen and oxygen atoms in total. The number of carbonyl (C=O) groups excluding carboxylic acids is 2. The first-order chi connectivity index (χ1) is 13.4. The number of pyridine rings is 1. The lowest BCUT2D eigenvalue weighted by atomic mass is 10.0. The van der Waals surface area contributed by atoms with Crippen molar-refractivity contribution in [1.82, 2.24) is 9.88 Å². The van der Waals surface area contributed by atoms with Gasteiger partial charge in [0, 0.05) is 11.4 Å². The van der Waals surface area contributed by atoms with Crippen molar-refractivity contribution in [3.8, 4) is 11.8 Å². The fraction of sp³-hybridized carbons (Fsp3) is 0.429. The average Bonchev–Trinajstić information content (AvgIpc) is 3.30. The van der Waals surface area contributed by atoms with Crippen molar-refractivity contribution in [3.63, 3.8) is 0 Å². The topological polar surface area (TPSA) is 109 Å². The Bertz CT molecular complexity index is 1010. The second-order valence-corrected chi connectivity index (χ2v) is 7.79. The molecule has 1 saturated heterocycles. The van der Waals surface area contributed by atoms with Gasteiger partial charge in [-0.15, -0.1) is 0 Å². The summed E-state index contributed by atoms with van der Waals surface area (Å²) < 4.78 is 5.69. The minimum Gasteiger partial charge on any atom is -0.491 e. The van der Waals surface area contributed by atoms with Gasteiger partial charge in [-0.25, -0.2) is 0 Å². The first-order valence-corrected chi connectivity index (χ1v) is 9.48. The van der Waals surface area contributed by atoms with Gasteiger partial charge < -0.3 is 15.4 Å². The molecule has 1 aromatic heterocycles. The van der Waals surface area contributed by atoms with Gasteiger partial charge in [0.15, 0.2) is 0 Å². The molecule has 2 heterocycles. The predicted molar refractivity (Wildman–Crippen MR) is 102 cm³/mol. The number of hydrogen-bond acceptors (Lipinski definition) is 5. The lowest BCUT2D eigenvalue weighted by Crippen LogP contribution is -2.38. The second kappa shape index (κ2) is 6.79. The molecule has 1 aliphatic carbocycles. The number of nitrogens with zero attached hydrogens (tertiary/aromatic N) is 3. The van der Waals surface area contributed by atoms with Crippen LogP contribution < -0.4 is 10.5 Å². The maximum absolute atomic E-state index is 12.8. The molecule has 7 heteroatoms. The smallest absolute Gasteiger partial charge is 0.249 e. The van der Waals surface area contributed by atoms with E-state index in [1.54, 1.807) is 29.2 Å². The number of aromatic nitrogens is 1. The summed E-state index contributed by atoms with van der Waals surface area (Å²) in [6.45, 7) is 3.84. The number of likely N-dealkylation sites (tertiary alicyclic amines) is 1. The fourth-order valence-corrected chi connectivity index (χ4v) is 4.08. The maximum Gasteiger partial charge on any atom is 0.249 e. The summed E-state index contributed by atoms with van der Waals surface area (Å²) >= 11 is 0. The zero-order valence-corrected chi connectivity index (χ0v) is 15.9. The van der Waals surface area contributed by atoms with Crippen LogP contribution in [0.25, 0.3) is 10.9 Å². The molecule has 1 aromatic carbocycles. The summed E-state index contributed by atoms with van der Waals surface area (Å²) in [5, 5.41) is 9.90. The summed E-state index contributed by atoms with van der Waals surface area (Å²) in [4.78, 5) is 31.1. The number of nitriles is 1. The summed E-state index contributed by atoms with van der Waals surface area (Å²) in [7, 11) is 0. The van der Waals surface area contributed by atoms with Gasteiger partial charge >= 0.3 is 0 Å². The van der Waals surface area contributed by atoms with E-state index in [1.165, 1.54) is 0 Å². The molecular weight excluding hydrogens is 356 g/mol. The van der Waals surface area contributed by atoms with Crippen LogP contribution in [-0.4, -0.2) is 39.9 Å². The first-order valence-electron chi connectivity index (χ1n) is 9.48. The molecule has 2 aliphatic rings. The second-order valence-electron chi connectivity index (χ2n) is 7.79. The molecule has 2 fully saturated rings. The molecule has 28 heavy (non-hydrogen) atoms. The van der Waals surface area contributed by atoms with Crippen LogP contribution in [-0.2, 0) is 11.2 Å². The van der Waals surface area contributed by atoms with Crippen molar-refractivity contribution in [3.05, 3.63) is 35.5 Å². The number of piperidine rings is 1. The number of carbonyl (C=O) groups is 2. The van der Waals surface area contributed by atoms with E-state index in [9.17, 15) is 14.9 Å². The normalized spacial score (nSPS) is 22.8. The van der Waals surface area contributed by atoms with Crippen LogP contribution in [0.15, 0.2) is 24.3 Å². The van der Waals surface area contributed by atoms with Gasteiger partial charge in [0.05, 0.1) is 35.4 Å². The summed E-state index contributed by atoms with van der Waals surface area (Å²) in [5.74, 6) is 0.378. The van der Waals surface area contributed by atoms with Crippen molar-refractivity contribution in [1.29, 1.82) is 5.26 Å². The highest BCUT2D eigenvalue weighted by atomic mass is 16.5. The monoisotopic (exact) mass is 378 g/mol. The van der Waals surface area contributed by atoms with E-state index < -0.39 is 5.91 Å². The van der Waals surface area contributed by atoms with E-state index in [0.717, 1.165) is 12.8 Å². The zero-order chi connectivity index (χ0) is 20.0. The number of ether oxygens (including phenoxy) is 1. The lowest BCUT2D eigenvalue weighted by molar-refractivity contribution is -0.131. The van der Waals surface area contributed by atoms with E-state index in [2.05, 4.69) is 11.1 Å². The van der Waals surface area contributed by atoms with Gasteiger partial charge in [-0.3, -0.25) is 14.6 Å². The predicted octanol–water partition coefficient (Wildman–Crippen LogP) is 2.18. The van der Waals surface area contributed by atoms with E-state index in [-0.39, 0.29) is 30.5 Å². The molecule has 2 amide bonds. The Hall–Kier alpha value is -3.14. The fourth-order valence-electron chi connectivity index (χ4n) is 4.08. The van der Waals surface area contributed by atoms with Gasteiger partial charge in [0.25, 0.3) is 0 Å². The molecule has 2 aromatic rings. The lowest BCUT2D eigenvalue weighted by Gasteiger charge is -2.22.